The van der Waals surface area contributed by atoms with E-state index in [1.54, 1.807) is 24.3 Å². The minimum Gasteiger partial charge on any atom is -0.497 e. The molecule has 0 N–H and O–H groups in total. The number of benzene rings is 2. The van der Waals surface area contributed by atoms with Gasteiger partial charge in [-0.15, -0.1) is 0 Å². The largest absolute Gasteiger partial charge is 0.497 e. The molecule has 0 atom stereocenters. The lowest BCUT2D eigenvalue weighted by Crippen LogP contribution is -2.29. The number of nitrogens with zero attached hydrogens (tertiary/aromatic N) is 2. The Morgan fingerprint density at radius 3 is 2.50 bits per heavy atom. The lowest BCUT2D eigenvalue weighted by molar-refractivity contribution is -0.137. The third-order valence-corrected chi connectivity index (χ3v) is 4.83. The van der Waals surface area contributed by atoms with Gasteiger partial charge in [-0.25, -0.2) is 4.99 Å². The zero-order valence-corrected chi connectivity index (χ0v) is 15.0. The van der Waals surface area contributed by atoms with Crippen molar-refractivity contribution in [3.63, 3.8) is 0 Å². The maximum absolute atomic E-state index is 13.0. The van der Waals surface area contributed by atoms with Crippen LogP contribution in [0, 0.1) is 0 Å². The van der Waals surface area contributed by atoms with Crippen LogP contribution in [-0.4, -0.2) is 23.9 Å². The molecule has 1 saturated heterocycles. The van der Waals surface area contributed by atoms with Gasteiger partial charge in [-0.05, 0) is 42.5 Å². The third-order valence-electron chi connectivity index (χ3n) is 3.58. The number of amidine groups is 1. The molecular formula is C17H12ClF3N2O2S. The first-order valence-corrected chi connectivity index (χ1v) is 8.71. The van der Waals surface area contributed by atoms with Crippen LogP contribution in [0.4, 0.5) is 24.5 Å². The summed E-state index contributed by atoms with van der Waals surface area (Å²) in [7, 11) is 1.53. The van der Waals surface area contributed by atoms with E-state index in [1.165, 1.54) is 18.1 Å². The van der Waals surface area contributed by atoms with E-state index >= 15 is 0 Å². The highest BCUT2D eigenvalue weighted by molar-refractivity contribution is 8.15. The molecule has 1 aliphatic rings. The van der Waals surface area contributed by atoms with Crippen molar-refractivity contribution < 1.29 is 22.7 Å². The predicted octanol–water partition coefficient (Wildman–Crippen LogP) is 5.13. The number of amides is 1. The average Bonchev–Trinajstić information content (AvgIpc) is 2.96. The first-order valence-electron chi connectivity index (χ1n) is 7.35. The van der Waals surface area contributed by atoms with Gasteiger partial charge in [0.15, 0.2) is 5.17 Å². The number of carbonyl (C=O) groups is 1. The van der Waals surface area contributed by atoms with Gasteiger partial charge in [-0.1, -0.05) is 23.4 Å². The van der Waals surface area contributed by atoms with Crippen LogP contribution in [0.15, 0.2) is 47.5 Å². The molecule has 0 bridgehead atoms. The number of halogens is 4. The van der Waals surface area contributed by atoms with E-state index in [4.69, 9.17) is 16.3 Å². The zero-order valence-electron chi connectivity index (χ0n) is 13.4. The number of anilines is 1. The summed E-state index contributed by atoms with van der Waals surface area (Å²) in [5.41, 5.74) is -0.340. The topological polar surface area (TPSA) is 41.9 Å². The first kappa shape index (κ1) is 18.6. The molecule has 2 aromatic rings. The Hall–Kier alpha value is -2.19. The van der Waals surface area contributed by atoms with E-state index in [0.717, 1.165) is 23.9 Å². The highest BCUT2D eigenvalue weighted by Gasteiger charge is 2.34. The summed E-state index contributed by atoms with van der Waals surface area (Å²) >= 11 is 6.78. The highest BCUT2D eigenvalue weighted by Crippen LogP contribution is 2.37. The molecule has 0 aromatic heterocycles. The number of rotatable bonds is 3. The molecule has 26 heavy (non-hydrogen) atoms. The molecule has 1 fully saturated rings. The van der Waals surface area contributed by atoms with Gasteiger partial charge in [0.25, 0.3) is 0 Å². The third kappa shape index (κ3) is 3.81. The SMILES string of the molecule is COc1ccc(N2C(=O)CSC2=Nc2ccc(Cl)c(C(F)(F)F)c2)cc1. The van der Waals surface area contributed by atoms with Crippen molar-refractivity contribution >= 4 is 45.8 Å². The minimum atomic E-state index is -4.58. The standard InChI is InChI=1S/C17H12ClF3N2O2S/c1-25-12-5-3-11(4-6-12)23-15(24)9-26-16(23)22-10-2-7-14(18)13(8-10)17(19,20)21/h2-8H,9H2,1H3. The van der Waals surface area contributed by atoms with E-state index < -0.39 is 16.8 Å². The van der Waals surface area contributed by atoms with Gasteiger partial charge in [-0.3, -0.25) is 9.69 Å². The van der Waals surface area contributed by atoms with Crippen LogP contribution in [0.2, 0.25) is 5.02 Å². The number of carbonyl (C=O) groups excluding carboxylic acids is 1. The lowest BCUT2D eigenvalue weighted by atomic mass is 10.2. The van der Waals surface area contributed by atoms with E-state index in [9.17, 15) is 18.0 Å². The summed E-state index contributed by atoms with van der Waals surface area (Å²) in [4.78, 5) is 17.8. The molecule has 1 heterocycles. The first-order chi connectivity index (χ1) is 12.3. The smallest absolute Gasteiger partial charge is 0.417 e. The van der Waals surface area contributed by atoms with Crippen molar-refractivity contribution in [2.24, 2.45) is 4.99 Å². The van der Waals surface area contributed by atoms with Crippen molar-refractivity contribution in [2.45, 2.75) is 6.18 Å². The molecule has 3 rings (SSSR count). The number of alkyl halides is 3. The van der Waals surface area contributed by atoms with Crippen LogP contribution in [0.25, 0.3) is 0 Å². The fraction of sp³-hybridized carbons (Fsp3) is 0.176. The second kappa shape index (κ2) is 7.20. The molecule has 1 aliphatic heterocycles. The number of methoxy groups -OCH3 is 1. The molecule has 0 unspecified atom stereocenters. The highest BCUT2D eigenvalue weighted by atomic mass is 35.5. The van der Waals surface area contributed by atoms with Crippen molar-refractivity contribution in [3.8, 4) is 5.75 Å². The number of thioether (sulfide) groups is 1. The quantitative estimate of drug-likeness (QED) is 0.716. The molecule has 4 nitrogen and oxygen atoms in total. The van der Waals surface area contributed by atoms with Gasteiger partial charge in [-0.2, -0.15) is 13.2 Å². The van der Waals surface area contributed by atoms with Gasteiger partial charge in [0.05, 0.1) is 34.8 Å². The van der Waals surface area contributed by atoms with Crippen molar-refractivity contribution in [1.82, 2.24) is 0 Å². The van der Waals surface area contributed by atoms with Crippen LogP contribution in [0.3, 0.4) is 0 Å². The Labute approximate surface area is 156 Å². The van der Waals surface area contributed by atoms with E-state index in [0.29, 0.717) is 16.6 Å². The fourth-order valence-corrected chi connectivity index (χ4v) is 3.45. The molecule has 0 radical (unpaired) electrons. The number of aliphatic imine (C=N–C) groups is 1. The van der Waals surface area contributed by atoms with Crippen molar-refractivity contribution in [2.75, 3.05) is 17.8 Å². The second-order valence-corrected chi connectivity index (χ2v) is 6.62. The second-order valence-electron chi connectivity index (χ2n) is 5.27. The van der Waals surface area contributed by atoms with Crippen LogP contribution >= 0.6 is 23.4 Å². The molecule has 0 saturated carbocycles. The summed E-state index contributed by atoms with van der Waals surface area (Å²) in [6.07, 6.45) is -4.58. The lowest BCUT2D eigenvalue weighted by Gasteiger charge is -2.16. The summed E-state index contributed by atoms with van der Waals surface area (Å²) < 4.78 is 44.1. The monoisotopic (exact) mass is 400 g/mol. The summed E-state index contributed by atoms with van der Waals surface area (Å²) in [5, 5.41) is -0.0979. The van der Waals surface area contributed by atoms with Crippen LogP contribution in [0.5, 0.6) is 5.75 Å². The predicted molar refractivity (Wildman–Crippen MR) is 96.5 cm³/mol. The molecule has 1 amide bonds. The molecule has 0 aliphatic carbocycles. The Morgan fingerprint density at radius 1 is 1.19 bits per heavy atom. The summed E-state index contributed by atoms with van der Waals surface area (Å²) in [6.45, 7) is 0. The Bertz CT molecular complexity index is 869. The normalized spacial score (nSPS) is 16.4. The number of hydrogen-bond acceptors (Lipinski definition) is 4. The fourth-order valence-electron chi connectivity index (χ4n) is 2.34. The van der Waals surface area contributed by atoms with Crippen LogP contribution in [0.1, 0.15) is 5.56 Å². The zero-order chi connectivity index (χ0) is 18.9. The van der Waals surface area contributed by atoms with Crippen LogP contribution in [-0.2, 0) is 11.0 Å². The van der Waals surface area contributed by atoms with Crippen LogP contribution < -0.4 is 9.64 Å². The molecule has 9 heteroatoms. The minimum absolute atomic E-state index is 0.0671. The Balaban J connectivity index is 1.97. The van der Waals surface area contributed by atoms with Crippen molar-refractivity contribution in [3.05, 3.63) is 53.1 Å². The maximum atomic E-state index is 13.0. The molecule has 2 aromatic carbocycles. The summed E-state index contributed by atoms with van der Waals surface area (Å²) in [6, 6.07) is 10.1. The average molecular weight is 401 g/mol. The van der Waals surface area contributed by atoms with Gasteiger partial charge < -0.3 is 4.74 Å². The van der Waals surface area contributed by atoms with Gasteiger partial charge >= 0.3 is 6.18 Å². The van der Waals surface area contributed by atoms with E-state index in [-0.39, 0.29) is 17.3 Å². The Kier molecular flexibility index (Phi) is 5.15. The maximum Gasteiger partial charge on any atom is 0.417 e. The summed E-state index contributed by atoms with van der Waals surface area (Å²) in [5.74, 6) is 0.577. The van der Waals surface area contributed by atoms with Gasteiger partial charge in [0.1, 0.15) is 5.75 Å². The van der Waals surface area contributed by atoms with Gasteiger partial charge in [0.2, 0.25) is 5.91 Å². The number of ether oxygens (including phenoxy) is 1. The molecule has 0 spiro atoms. The Morgan fingerprint density at radius 2 is 1.88 bits per heavy atom. The van der Waals surface area contributed by atoms with E-state index in [1.807, 2.05) is 0 Å². The number of hydrogen-bond donors (Lipinski definition) is 0. The molecule has 136 valence electrons. The van der Waals surface area contributed by atoms with E-state index in [2.05, 4.69) is 4.99 Å². The van der Waals surface area contributed by atoms with Gasteiger partial charge in [0, 0.05) is 0 Å². The molecular weight excluding hydrogens is 389 g/mol. The van der Waals surface area contributed by atoms with Crippen molar-refractivity contribution in [1.29, 1.82) is 0 Å².